The van der Waals surface area contributed by atoms with Crippen LogP contribution in [0.5, 0.6) is 5.75 Å². The molecule has 1 N–H and O–H groups in total. The first-order chi connectivity index (χ1) is 11.3. The summed E-state index contributed by atoms with van der Waals surface area (Å²) in [5.74, 6) is 0.207. The minimum absolute atomic E-state index is 0.207. The summed E-state index contributed by atoms with van der Waals surface area (Å²) in [5.41, 5.74) is 1.60. The Hall–Kier alpha value is -2.43. The van der Waals surface area contributed by atoms with Crippen LogP contribution in [0.3, 0.4) is 0 Å². The SMILES string of the molecule is O=Cc1c(-c2ccc(-c3cccs3)s2)ccc2cc(O)ccc12. The molecule has 2 aromatic heterocycles. The van der Waals surface area contributed by atoms with Gasteiger partial charge < -0.3 is 5.11 Å². The fourth-order valence-corrected chi connectivity index (χ4v) is 4.60. The van der Waals surface area contributed by atoms with Crippen molar-refractivity contribution < 1.29 is 9.90 Å². The lowest BCUT2D eigenvalue weighted by Gasteiger charge is -2.07. The zero-order valence-corrected chi connectivity index (χ0v) is 13.7. The van der Waals surface area contributed by atoms with Gasteiger partial charge in [0.2, 0.25) is 0 Å². The van der Waals surface area contributed by atoms with E-state index >= 15 is 0 Å². The molecule has 0 amide bonds. The predicted molar refractivity (Wildman–Crippen MR) is 97.6 cm³/mol. The van der Waals surface area contributed by atoms with Crippen LogP contribution in [-0.2, 0) is 0 Å². The summed E-state index contributed by atoms with van der Waals surface area (Å²) in [6.07, 6.45) is 0.902. The van der Waals surface area contributed by atoms with E-state index in [0.29, 0.717) is 5.56 Å². The third-order valence-corrected chi connectivity index (χ3v) is 5.98. The van der Waals surface area contributed by atoms with E-state index in [1.54, 1.807) is 40.9 Å². The maximum Gasteiger partial charge on any atom is 0.151 e. The van der Waals surface area contributed by atoms with E-state index in [1.807, 2.05) is 18.2 Å². The van der Waals surface area contributed by atoms with Crippen molar-refractivity contribution in [2.24, 2.45) is 0 Å². The number of hydrogen-bond acceptors (Lipinski definition) is 4. The number of thiophene rings is 2. The fraction of sp³-hybridized carbons (Fsp3) is 0. The van der Waals surface area contributed by atoms with Gasteiger partial charge in [0.05, 0.1) is 0 Å². The number of aldehydes is 1. The van der Waals surface area contributed by atoms with Gasteiger partial charge in [0.25, 0.3) is 0 Å². The van der Waals surface area contributed by atoms with Crippen molar-refractivity contribution in [2.45, 2.75) is 0 Å². The van der Waals surface area contributed by atoms with Crippen LogP contribution in [0.25, 0.3) is 31.0 Å². The van der Waals surface area contributed by atoms with E-state index in [2.05, 4.69) is 23.6 Å². The Kier molecular flexibility index (Phi) is 3.48. The number of carbonyl (C=O) groups excluding carboxylic acids is 1. The van der Waals surface area contributed by atoms with E-state index in [4.69, 9.17) is 0 Å². The second-order valence-corrected chi connectivity index (χ2v) is 7.22. The normalized spacial score (nSPS) is 11.0. The highest BCUT2D eigenvalue weighted by molar-refractivity contribution is 7.23. The van der Waals surface area contributed by atoms with Gasteiger partial charge in [-0.05, 0) is 52.6 Å². The fourth-order valence-electron chi connectivity index (χ4n) is 2.72. The molecule has 2 aromatic carbocycles. The lowest BCUT2D eigenvalue weighted by molar-refractivity contribution is 0.112. The first kappa shape index (κ1) is 14.2. The minimum Gasteiger partial charge on any atom is -0.508 e. The highest BCUT2D eigenvalue weighted by Gasteiger charge is 2.12. The number of aromatic hydroxyl groups is 1. The van der Waals surface area contributed by atoms with Gasteiger partial charge >= 0.3 is 0 Å². The Labute approximate surface area is 141 Å². The average molecular weight is 336 g/mol. The molecule has 0 saturated carbocycles. The highest BCUT2D eigenvalue weighted by atomic mass is 32.1. The molecule has 0 aliphatic heterocycles. The Balaban J connectivity index is 1.89. The topological polar surface area (TPSA) is 37.3 Å². The molecule has 0 aliphatic carbocycles. The highest BCUT2D eigenvalue weighted by Crippen LogP contribution is 2.39. The van der Waals surface area contributed by atoms with Crippen LogP contribution in [0.1, 0.15) is 10.4 Å². The molecule has 2 heterocycles. The van der Waals surface area contributed by atoms with Crippen molar-refractivity contribution in [3.8, 4) is 25.9 Å². The lowest BCUT2D eigenvalue weighted by atomic mass is 9.98. The third kappa shape index (κ3) is 2.46. The van der Waals surface area contributed by atoms with Gasteiger partial charge in [-0.2, -0.15) is 0 Å². The molecule has 0 unspecified atom stereocenters. The molecular weight excluding hydrogens is 324 g/mol. The second kappa shape index (κ2) is 5.65. The Morgan fingerprint density at radius 3 is 2.57 bits per heavy atom. The third-order valence-electron chi connectivity index (χ3n) is 3.80. The second-order valence-electron chi connectivity index (χ2n) is 5.19. The van der Waals surface area contributed by atoms with Crippen LogP contribution in [0.2, 0.25) is 0 Å². The van der Waals surface area contributed by atoms with Gasteiger partial charge in [-0.25, -0.2) is 0 Å². The number of hydrogen-bond donors (Lipinski definition) is 1. The van der Waals surface area contributed by atoms with Crippen LogP contribution in [-0.4, -0.2) is 11.4 Å². The molecular formula is C19H12O2S2. The summed E-state index contributed by atoms with van der Waals surface area (Å²) in [6, 6.07) is 17.3. The number of benzene rings is 2. The van der Waals surface area contributed by atoms with Gasteiger partial charge in [0.1, 0.15) is 5.75 Å². The smallest absolute Gasteiger partial charge is 0.151 e. The molecule has 112 valence electrons. The summed E-state index contributed by atoms with van der Waals surface area (Å²) < 4.78 is 0. The van der Waals surface area contributed by atoms with Crippen molar-refractivity contribution in [1.82, 2.24) is 0 Å². The molecule has 0 fully saturated rings. The molecule has 4 aromatic rings. The molecule has 0 bridgehead atoms. The van der Waals surface area contributed by atoms with E-state index in [9.17, 15) is 9.90 Å². The largest absolute Gasteiger partial charge is 0.508 e. The maximum absolute atomic E-state index is 11.7. The Morgan fingerprint density at radius 2 is 1.78 bits per heavy atom. The van der Waals surface area contributed by atoms with Gasteiger partial charge in [-0.3, -0.25) is 4.79 Å². The summed E-state index contributed by atoms with van der Waals surface area (Å²) >= 11 is 3.40. The summed E-state index contributed by atoms with van der Waals surface area (Å²) in [4.78, 5) is 15.2. The van der Waals surface area contributed by atoms with Crippen LogP contribution >= 0.6 is 22.7 Å². The molecule has 0 saturated heterocycles. The summed E-state index contributed by atoms with van der Waals surface area (Å²) in [7, 11) is 0. The number of phenolic OH excluding ortho intramolecular Hbond substituents is 1. The summed E-state index contributed by atoms with van der Waals surface area (Å²) in [5, 5.41) is 13.4. The van der Waals surface area contributed by atoms with Crippen molar-refractivity contribution in [2.75, 3.05) is 0 Å². The lowest BCUT2D eigenvalue weighted by Crippen LogP contribution is -1.88. The molecule has 0 spiro atoms. The van der Waals surface area contributed by atoms with Crippen LogP contribution in [0.4, 0.5) is 0 Å². The zero-order valence-electron chi connectivity index (χ0n) is 12.0. The average Bonchev–Trinajstić information content (AvgIpc) is 3.24. The van der Waals surface area contributed by atoms with E-state index in [0.717, 1.165) is 27.5 Å². The molecule has 4 heteroatoms. The van der Waals surface area contributed by atoms with E-state index < -0.39 is 0 Å². The quantitative estimate of drug-likeness (QED) is 0.479. The van der Waals surface area contributed by atoms with E-state index in [1.165, 1.54) is 9.75 Å². The Morgan fingerprint density at radius 1 is 0.913 bits per heavy atom. The van der Waals surface area contributed by atoms with Gasteiger partial charge in [-0.1, -0.05) is 18.2 Å². The molecule has 23 heavy (non-hydrogen) atoms. The molecule has 0 radical (unpaired) electrons. The number of phenols is 1. The summed E-state index contributed by atoms with van der Waals surface area (Å²) in [6.45, 7) is 0. The first-order valence-corrected chi connectivity index (χ1v) is 8.81. The molecule has 2 nitrogen and oxygen atoms in total. The van der Waals surface area contributed by atoms with Crippen molar-refractivity contribution in [3.63, 3.8) is 0 Å². The maximum atomic E-state index is 11.7. The minimum atomic E-state index is 0.207. The number of carbonyl (C=O) groups is 1. The van der Waals surface area contributed by atoms with Crippen molar-refractivity contribution >= 4 is 39.7 Å². The number of rotatable bonds is 3. The Bertz CT molecular complexity index is 998. The van der Waals surface area contributed by atoms with Crippen LogP contribution < -0.4 is 0 Å². The number of fused-ring (bicyclic) bond motifs is 1. The van der Waals surface area contributed by atoms with Crippen LogP contribution in [0.15, 0.2) is 60.0 Å². The van der Waals surface area contributed by atoms with Crippen molar-refractivity contribution in [1.29, 1.82) is 0 Å². The van der Waals surface area contributed by atoms with Gasteiger partial charge in [-0.15, -0.1) is 22.7 Å². The molecule has 0 atom stereocenters. The molecule has 0 aliphatic rings. The first-order valence-electron chi connectivity index (χ1n) is 7.11. The van der Waals surface area contributed by atoms with Crippen LogP contribution in [0, 0.1) is 0 Å². The van der Waals surface area contributed by atoms with E-state index in [-0.39, 0.29) is 5.75 Å². The van der Waals surface area contributed by atoms with Gasteiger partial charge in [0, 0.05) is 25.8 Å². The molecule has 4 rings (SSSR count). The monoisotopic (exact) mass is 336 g/mol. The van der Waals surface area contributed by atoms with Gasteiger partial charge in [0.15, 0.2) is 6.29 Å². The standard InChI is InChI=1S/C19H12O2S2/c20-11-16-14-6-4-13(21)10-12(14)3-5-15(16)17-7-8-19(23-17)18-2-1-9-22-18/h1-11,21H. The zero-order chi connectivity index (χ0) is 15.8. The van der Waals surface area contributed by atoms with Crippen molar-refractivity contribution in [3.05, 3.63) is 65.5 Å². The predicted octanol–water partition coefficient (Wildman–Crippen LogP) is 5.81.